The lowest BCUT2D eigenvalue weighted by Crippen LogP contribution is -2.41. The number of ether oxygens (including phenoxy) is 1. The molecule has 130 valence electrons. The Balaban J connectivity index is 1.52. The average Bonchev–Trinajstić information content (AvgIpc) is 3.09. The number of rotatable bonds is 5. The van der Waals surface area contributed by atoms with Crippen molar-refractivity contribution in [3.05, 3.63) is 46.4 Å². The highest BCUT2D eigenvalue weighted by molar-refractivity contribution is 7.12. The largest absolute Gasteiger partial charge is 0.379 e. The predicted molar refractivity (Wildman–Crippen MR) is 100 cm³/mol. The van der Waals surface area contributed by atoms with Crippen molar-refractivity contribution >= 4 is 28.3 Å². The van der Waals surface area contributed by atoms with Crippen molar-refractivity contribution in [3.8, 4) is 0 Å². The molecule has 1 saturated heterocycles. The van der Waals surface area contributed by atoms with Crippen molar-refractivity contribution in [3.63, 3.8) is 0 Å². The van der Waals surface area contributed by atoms with Gasteiger partial charge in [0.25, 0.3) is 0 Å². The molecule has 1 unspecified atom stereocenters. The van der Waals surface area contributed by atoms with E-state index in [0.717, 1.165) is 44.2 Å². The number of pyridine rings is 1. The van der Waals surface area contributed by atoms with Gasteiger partial charge >= 0.3 is 0 Å². The van der Waals surface area contributed by atoms with E-state index < -0.39 is 0 Å². The summed E-state index contributed by atoms with van der Waals surface area (Å²) in [5, 5.41) is 3.49. The number of anilines is 1. The monoisotopic (exact) mass is 355 g/mol. The zero-order valence-corrected chi connectivity index (χ0v) is 15.0. The van der Waals surface area contributed by atoms with Gasteiger partial charge in [-0.05, 0) is 31.2 Å². The number of aryl methyl sites for hydroxylation is 1. The highest BCUT2D eigenvalue weighted by Crippen LogP contribution is 2.28. The van der Waals surface area contributed by atoms with Crippen molar-refractivity contribution in [2.24, 2.45) is 0 Å². The molecule has 25 heavy (non-hydrogen) atoms. The van der Waals surface area contributed by atoms with Crippen LogP contribution in [0.2, 0.25) is 0 Å². The van der Waals surface area contributed by atoms with Gasteiger partial charge in [0.05, 0.1) is 19.3 Å². The molecule has 3 aromatic heterocycles. The molecule has 0 radical (unpaired) electrons. The molecular formula is C18H21N5OS. The molecule has 4 rings (SSSR count). The Morgan fingerprint density at radius 3 is 2.80 bits per heavy atom. The highest BCUT2D eigenvalue weighted by atomic mass is 32.1. The first-order valence-electron chi connectivity index (χ1n) is 8.49. The third kappa shape index (κ3) is 3.78. The second kappa shape index (κ2) is 7.43. The smallest absolute Gasteiger partial charge is 0.180 e. The molecule has 1 N–H and O–H groups in total. The quantitative estimate of drug-likeness (QED) is 0.759. The minimum atomic E-state index is 0.321. The van der Waals surface area contributed by atoms with E-state index in [-0.39, 0.29) is 0 Å². The van der Waals surface area contributed by atoms with Gasteiger partial charge in [-0.3, -0.25) is 9.88 Å². The lowest BCUT2D eigenvalue weighted by atomic mass is 10.2. The fourth-order valence-corrected chi connectivity index (χ4v) is 4.10. The Kier molecular flexibility index (Phi) is 4.87. The van der Waals surface area contributed by atoms with E-state index in [9.17, 15) is 0 Å². The summed E-state index contributed by atoms with van der Waals surface area (Å²) < 4.78 is 5.52. The maximum atomic E-state index is 5.52. The molecule has 4 heterocycles. The Morgan fingerprint density at radius 1 is 1.16 bits per heavy atom. The van der Waals surface area contributed by atoms with Gasteiger partial charge in [-0.15, -0.1) is 11.3 Å². The van der Waals surface area contributed by atoms with Gasteiger partial charge in [-0.1, -0.05) is 0 Å². The number of hydrogen-bond donors (Lipinski definition) is 1. The predicted octanol–water partition coefficient (Wildman–Crippen LogP) is 2.88. The first-order valence-corrected chi connectivity index (χ1v) is 9.31. The van der Waals surface area contributed by atoms with Gasteiger partial charge in [0, 0.05) is 41.8 Å². The van der Waals surface area contributed by atoms with Crippen molar-refractivity contribution < 1.29 is 4.74 Å². The van der Waals surface area contributed by atoms with Gasteiger partial charge in [-0.2, -0.15) is 0 Å². The number of aromatic nitrogens is 3. The number of hydrogen-bond acceptors (Lipinski definition) is 7. The molecule has 1 fully saturated rings. The minimum absolute atomic E-state index is 0.321. The summed E-state index contributed by atoms with van der Waals surface area (Å²) in [5.74, 6) is 0.833. The van der Waals surface area contributed by atoms with Gasteiger partial charge in [0.2, 0.25) is 0 Å². The molecule has 0 saturated carbocycles. The van der Waals surface area contributed by atoms with Crippen molar-refractivity contribution in [1.29, 1.82) is 0 Å². The summed E-state index contributed by atoms with van der Waals surface area (Å²) in [6.07, 6.45) is 3.36. The van der Waals surface area contributed by atoms with Crippen molar-refractivity contribution in [2.75, 3.05) is 38.2 Å². The normalized spacial score (nSPS) is 16.8. The number of nitrogens with one attached hydrogen (secondary N) is 1. The van der Waals surface area contributed by atoms with Gasteiger partial charge in [-0.25, -0.2) is 9.97 Å². The molecule has 1 aliphatic heterocycles. The van der Waals surface area contributed by atoms with Crippen LogP contribution in [0.25, 0.3) is 11.2 Å². The summed E-state index contributed by atoms with van der Waals surface area (Å²) in [6.45, 7) is 6.47. The zero-order valence-electron chi connectivity index (χ0n) is 14.2. The molecule has 0 bridgehead atoms. The van der Waals surface area contributed by atoms with E-state index in [1.807, 2.05) is 23.5 Å². The molecule has 0 amide bonds. The van der Waals surface area contributed by atoms with Crippen LogP contribution in [0.3, 0.4) is 0 Å². The lowest BCUT2D eigenvalue weighted by Gasteiger charge is -2.34. The fraction of sp³-hybridized carbons (Fsp3) is 0.389. The fourth-order valence-electron chi connectivity index (χ4n) is 3.09. The number of thiophene rings is 1. The summed E-state index contributed by atoms with van der Waals surface area (Å²) in [4.78, 5) is 18.3. The van der Waals surface area contributed by atoms with Gasteiger partial charge < -0.3 is 10.1 Å². The van der Waals surface area contributed by atoms with Gasteiger partial charge in [0.15, 0.2) is 5.65 Å². The summed E-state index contributed by atoms with van der Waals surface area (Å²) in [5.41, 5.74) is 1.48. The molecule has 0 aromatic carbocycles. The number of fused-ring (bicyclic) bond motifs is 1. The number of morpholine rings is 1. The van der Waals surface area contributed by atoms with Crippen LogP contribution in [0.5, 0.6) is 0 Å². The molecular weight excluding hydrogens is 334 g/mol. The van der Waals surface area contributed by atoms with E-state index in [1.165, 1.54) is 9.75 Å². The second-order valence-corrected chi connectivity index (χ2v) is 7.41. The molecule has 1 atom stereocenters. The SMILES string of the molecule is Cc1ccc(C(CNc2ccc3nccnc3n2)N2CCOCC2)s1. The Hall–Kier alpha value is -2.09. The Labute approximate surface area is 150 Å². The van der Waals surface area contributed by atoms with Crippen molar-refractivity contribution in [1.82, 2.24) is 19.9 Å². The van der Waals surface area contributed by atoms with Crippen LogP contribution in [-0.2, 0) is 4.74 Å². The third-order valence-electron chi connectivity index (χ3n) is 4.38. The van der Waals surface area contributed by atoms with Gasteiger partial charge in [0.1, 0.15) is 11.3 Å². The maximum Gasteiger partial charge on any atom is 0.180 e. The standard InChI is InChI=1S/C18H21N5OS/c1-13-2-4-16(25-13)15(23-8-10-24-11-9-23)12-21-17-5-3-14-18(22-17)20-7-6-19-14/h2-7,15H,8-12H2,1H3,(H,20,21,22). The van der Waals surface area contributed by atoms with E-state index in [2.05, 4.69) is 44.2 Å². The first kappa shape index (κ1) is 16.4. The lowest BCUT2D eigenvalue weighted by molar-refractivity contribution is 0.0194. The van der Waals surface area contributed by atoms with Crippen LogP contribution in [0.1, 0.15) is 15.8 Å². The molecule has 0 aliphatic carbocycles. The van der Waals surface area contributed by atoms with E-state index in [4.69, 9.17) is 4.74 Å². The second-order valence-electron chi connectivity index (χ2n) is 6.09. The molecule has 3 aromatic rings. The van der Waals surface area contributed by atoms with Crippen LogP contribution in [0, 0.1) is 6.92 Å². The van der Waals surface area contributed by atoms with Crippen LogP contribution >= 0.6 is 11.3 Å². The summed E-state index contributed by atoms with van der Waals surface area (Å²) in [6, 6.07) is 8.67. The van der Waals surface area contributed by atoms with E-state index in [1.54, 1.807) is 12.4 Å². The summed E-state index contributed by atoms with van der Waals surface area (Å²) in [7, 11) is 0. The first-order chi connectivity index (χ1) is 12.3. The molecule has 0 spiro atoms. The van der Waals surface area contributed by atoms with Crippen LogP contribution in [-0.4, -0.2) is 52.7 Å². The minimum Gasteiger partial charge on any atom is -0.379 e. The summed E-state index contributed by atoms with van der Waals surface area (Å²) >= 11 is 1.86. The van der Waals surface area contributed by atoms with E-state index >= 15 is 0 Å². The van der Waals surface area contributed by atoms with Crippen LogP contribution in [0.15, 0.2) is 36.7 Å². The average molecular weight is 355 g/mol. The number of nitrogens with zero attached hydrogens (tertiary/aromatic N) is 4. The molecule has 7 heteroatoms. The van der Waals surface area contributed by atoms with Crippen LogP contribution in [0.4, 0.5) is 5.82 Å². The molecule has 1 aliphatic rings. The Morgan fingerprint density at radius 2 is 2.00 bits per heavy atom. The Bertz CT molecular complexity index is 846. The van der Waals surface area contributed by atoms with Crippen LogP contribution < -0.4 is 5.32 Å². The highest BCUT2D eigenvalue weighted by Gasteiger charge is 2.23. The maximum absolute atomic E-state index is 5.52. The van der Waals surface area contributed by atoms with Crippen molar-refractivity contribution in [2.45, 2.75) is 13.0 Å². The zero-order chi connectivity index (χ0) is 17.1. The molecule has 6 nitrogen and oxygen atoms in total. The topological polar surface area (TPSA) is 63.2 Å². The third-order valence-corrected chi connectivity index (χ3v) is 5.49. The van der Waals surface area contributed by atoms with E-state index in [0.29, 0.717) is 11.7 Å².